The van der Waals surface area contributed by atoms with E-state index in [0.717, 1.165) is 42.2 Å². The summed E-state index contributed by atoms with van der Waals surface area (Å²) >= 11 is 1.72. The number of fused-ring (bicyclic) bond motifs is 1. The Morgan fingerprint density at radius 3 is 3.04 bits per heavy atom. The summed E-state index contributed by atoms with van der Waals surface area (Å²) in [7, 11) is 0. The highest BCUT2D eigenvalue weighted by atomic mass is 32.1. The van der Waals surface area contributed by atoms with Crippen LogP contribution in [-0.2, 0) is 11.3 Å². The summed E-state index contributed by atoms with van der Waals surface area (Å²) in [5.74, 6) is 0.971. The second-order valence-electron chi connectivity index (χ2n) is 6.37. The van der Waals surface area contributed by atoms with Crippen molar-refractivity contribution in [2.45, 2.75) is 12.6 Å². The standard InChI is InChI=1S/C19H18N4O2S/c1-3-15(24-8-1)12-22-7-9-25-17(13-22)19-16-6-5-14(11-23(16)21-20-19)18-4-2-10-26-18/h1-6,8,10-11,17H,7,9,12-13H2/t17-/m1/s1. The third-order valence-electron chi connectivity index (χ3n) is 4.66. The number of aromatic nitrogens is 3. The molecule has 0 aromatic carbocycles. The minimum Gasteiger partial charge on any atom is -0.468 e. The minimum atomic E-state index is -0.0798. The highest BCUT2D eigenvalue weighted by Crippen LogP contribution is 2.28. The third-order valence-corrected chi connectivity index (χ3v) is 5.58. The van der Waals surface area contributed by atoms with Crippen molar-refractivity contribution in [1.29, 1.82) is 0 Å². The van der Waals surface area contributed by atoms with E-state index < -0.39 is 0 Å². The van der Waals surface area contributed by atoms with Crippen LogP contribution >= 0.6 is 11.3 Å². The highest BCUT2D eigenvalue weighted by Gasteiger charge is 2.26. The average molecular weight is 366 g/mol. The van der Waals surface area contributed by atoms with Crippen molar-refractivity contribution in [2.75, 3.05) is 19.7 Å². The number of rotatable bonds is 4. The topological polar surface area (TPSA) is 55.8 Å². The van der Waals surface area contributed by atoms with E-state index in [2.05, 4.69) is 44.9 Å². The molecule has 0 bridgehead atoms. The number of ether oxygens (including phenoxy) is 1. The maximum Gasteiger partial charge on any atom is 0.121 e. The van der Waals surface area contributed by atoms with Gasteiger partial charge in [0.2, 0.25) is 0 Å². The Morgan fingerprint density at radius 1 is 1.19 bits per heavy atom. The molecular weight excluding hydrogens is 348 g/mol. The summed E-state index contributed by atoms with van der Waals surface area (Å²) < 4.78 is 13.3. The van der Waals surface area contributed by atoms with E-state index in [-0.39, 0.29) is 6.10 Å². The molecule has 1 atom stereocenters. The van der Waals surface area contributed by atoms with Gasteiger partial charge in [-0.25, -0.2) is 4.52 Å². The monoisotopic (exact) mass is 366 g/mol. The van der Waals surface area contributed by atoms with Crippen LogP contribution in [-0.4, -0.2) is 39.4 Å². The molecule has 5 rings (SSSR count). The Kier molecular flexibility index (Phi) is 4.05. The molecule has 0 amide bonds. The van der Waals surface area contributed by atoms with Gasteiger partial charge in [-0.1, -0.05) is 11.3 Å². The van der Waals surface area contributed by atoms with E-state index in [1.54, 1.807) is 17.6 Å². The first-order valence-corrected chi connectivity index (χ1v) is 9.50. The van der Waals surface area contributed by atoms with E-state index in [1.807, 2.05) is 22.8 Å². The van der Waals surface area contributed by atoms with Gasteiger partial charge in [-0.3, -0.25) is 4.90 Å². The van der Waals surface area contributed by atoms with E-state index in [0.29, 0.717) is 6.61 Å². The van der Waals surface area contributed by atoms with Gasteiger partial charge in [0, 0.05) is 29.7 Å². The van der Waals surface area contributed by atoms with Crippen LogP contribution in [0.15, 0.2) is 58.7 Å². The van der Waals surface area contributed by atoms with Gasteiger partial charge >= 0.3 is 0 Å². The van der Waals surface area contributed by atoms with Crippen LogP contribution in [0, 0.1) is 0 Å². The smallest absolute Gasteiger partial charge is 0.121 e. The Hall–Kier alpha value is -2.48. The zero-order chi connectivity index (χ0) is 17.3. The SMILES string of the molecule is c1coc(CN2CCO[C@@H](c3nnn4cc(-c5cccs5)ccc34)C2)c1. The maximum atomic E-state index is 6.00. The minimum absolute atomic E-state index is 0.0798. The van der Waals surface area contributed by atoms with Gasteiger partial charge < -0.3 is 9.15 Å². The van der Waals surface area contributed by atoms with E-state index >= 15 is 0 Å². The van der Waals surface area contributed by atoms with Gasteiger partial charge in [-0.05, 0) is 35.7 Å². The largest absolute Gasteiger partial charge is 0.468 e. The Morgan fingerprint density at radius 2 is 2.19 bits per heavy atom. The van der Waals surface area contributed by atoms with Crippen molar-refractivity contribution in [3.63, 3.8) is 0 Å². The third kappa shape index (κ3) is 2.94. The molecule has 4 aromatic heterocycles. The van der Waals surface area contributed by atoms with Crippen LogP contribution in [0.4, 0.5) is 0 Å². The number of thiophene rings is 1. The fourth-order valence-corrected chi connectivity index (χ4v) is 4.08. The quantitative estimate of drug-likeness (QED) is 0.552. The van der Waals surface area contributed by atoms with Crippen molar-refractivity contribution in [2.24, 2.45) is 0 Å². The molecule has 4 aromatic rings. The number of hydrogen-bond donors (Lipinski definition) is 0. The van der Waals surface area contributed by atoms with Gasteiger partial charge in [0.25, 0.3) is 0 Å². The average Bonchev–Trinajstić information content (AvgIpc) is 3.43. The number of pyridine rings is 1. The first-order valence-electron chi connectivity index (χ1n) is 8.62. The van der Waals surface area contributed by atoms with E-state index in [4.69, 9.17) is 9.15 Å². The predicted molar refractivity (Wildman–Crippen MR) is 99.0 cm³/mol. The molecule has 0 spiro atoms. The van der Waals surface area contributed by atoms with Gasteiger partial charge in [0.1, 0.15) is 17.6 Å². The molecular formula is C19H18N4O2S. The van der Waals surface area contributed by atoms with Crippen molar-refractivity contribution < 1.29 is 9.15 Å². The second-order valence-corrected chi connectivity index (χ2v) is 7.32. The summed E-state index contributed by atoms with van der Waals surface area (Å²) in [6.45, 7) is 3.13. The molecule has 1 saturated heterocycles. The molecule has 1 fully saturated rings. The number of hydrogen-bond acceptors (Lipinski definition) is 6. The van der Waals surface area contributed by atoms with E-state index in [9.17, 15) is 0 Å². The molecule has 132 valence electrons. The van der Waals surface area contributed by atoms with Gasteiger partial charge in [0.05, 0.1) is 24.9 Å². The van der Waals surface area contributed by atoms with Crippen molar-refractivity contribution in [3.8, 4) is 10.4 Å². The normalized spacial score (nSPS) is 18.5. The molecule has 1 aliphatic rings. The molecule has 0 saturated carbocycles. The summed E-state index contributed by atoms with van der Waals surface area (Å²) in [4.78, 5) is 3.56. The van der Waals surface area contributed by atoms with Gasteiger partial charge in [0.15, 0.2) is 0 Å². The fourth-order valence-electron chi connectivity index (χ4n) is 3.37. The lowest BCUT2D eigenvalue weighted by Crippen LogP contribution is -2.37. The second kappa shape index (κ2) is 6.68. The summed E-state index contributed by atoms with van der Waals surface area (Å²) in [6, 6.07) is 12.3. The highest BCUT2D eigenvalue weighted by molar-refractivity contribution is 7.13. The lowest BCUT2D eigenvalue weighted by molar-refractivity contribution is -0.0360. The zero-order valence-electron chi connectivity index (χ0n) is 14.1. The lowest BCUT2D eigenvalue weighted by Gasteiger charge is -2.31. The number of furan rings is 1. The molecule has 6 nitrogen and oxygen atoms in total. The fraction of sp³-hybridized carbons (Fsp3) is 0.263. The molecule has 7 heteroatoms. The van der Waals surface area contributed by atoms with Crippen LogP contribution in [0.25, 0.3) is 16.0 Å². The van der Waals surface area contributed by atoms with Gasteiger partial charge in [-0.2, -0.15) is 0 Å². The van der Waals surface area contributed by atoms with Crippen LogP contribution < -0.4 is 0 Å². The van der Waals surface area contributed by atoms with E-state index in [1.165, 1.54) is 4.88 Å². The predicted octanol–water partition coefficient (Wildman–Crippen LogP) is 3.62. The van der Waals surface area contributed by atoms with Crippen LogP contribution in [0.3, 0.4) is 0 Å². The molecule has 0 aliphatic carbocycles. The van der Waals surface area contributed by atoms with Crippen molar-refractivity contribution in [3.05, 3.63) is 65.7 Å². The first-order chi connectivity index (χ1) is 12.9. The number of morpholine rings is 1. The Bertz CT molecular complexity index is 994. The van der Waals surface area contributed by atoms with Crippen molar-refractivity contribution in [1.82, 2.24) is 19.7 Å². The van der Waals surface area contributed by atoms with Crippen molar-refractivity contribution >= 4 is 16.9 Å². The van der Waals surface area contributed by atoms with Crippen LogP contribution in [0.1, 0.15) is 17.6 Å². The lowest BCUT2D eigenvalue weighted by atomic mass is 10.1. The molecule has 0 N–H and O–H groups in total. The summed E-state index contributed by atoms with van der Waals surface area (Å²) in [6.07, 6.45) is 3.66. The number of nitrogens with zero attached hydrogens (tertiary/aromatic N) is 4. The first kappa shape index (κ1) is 15.7. The summed E-state index contributed by atoms with van der Waals surface area (Å²) in [5, 5.41) is 10.8. The molecule has 1 aliphatic heterocycles. The molecule has 0 unspecified atom stereocenters. The Balaban J connectivity index is 1.39. The van der Waals surface area contributed by atoms with Crippen LogP contribution in [0.2, 0.25) is 0 Å². The molecule has 0 radical (unpaired) electrons. The van der Waals surface area contributed by atoms with Crippen LogP contribution in [0.5, 0.6) is 0 Å². The molecule has 26 heavy (non-hydrogen) atoms. The van der Waals surface area contributed by atoms with Gasteiger partial charge in [-0.15, -0.1) is 16.4 Å². The maximum absolute atomic E-state index is 6.00. The zero-order valence-corrected chi connectivity index (χ0v) is 14.9. The molecule has 5 heterocycles. The Labute approximate surface area is 154 Å². The summed E-state index contributed by atoms with van der Waals surface area (Å²) in [5.41, 5.74) is 3.04.